The van der Waals surface area contributed by atoms with Crippen molar-refractivity contribution < 1.29 is 19.2 Å². The molecule has 0 aliphatic carbocycles. The number of anilines is 1. The third-order valence-corrected chi connectivity index (χ3v) is 6.07. The highest BCUT2D eigenvalue weighted by atomic mass is 16.6. The maximum atomic E-state index is 12.8. The maximum absolute atomic E-state index is 12.8. The van der Waals surface area contributed by atoms with Crippen molar-refractivity contribution in [2.45, 2.75) is 32.2 Å². The SMILES string of the molecule is O=C(OCC(=O)N1CCCc2cc([N+](=O)[O-])ccc21)c1ccc2c(=O)n3c(nc2c1)CCC3. The molecule has 33 heavy (non-hydrogen) atoms. The van der Waals surface area contributed by atoms with Crippen LogP contribution in [0.3, 0.4) is 0 Å². The summed E-state index contributed by atoms with van der Waals surface area (Å²) in [6, 6.07) is 8.95. The van der Waals surface area contributed by atoms with Crippen LogP contribution < -0.4 is 10.5 Å². The van der Waals surface area contributed by atoms with E-state index in [-0.39, 0.29) is 16.8 Å². The minimum Gasteiger partial charge on any atom is -0.452 e. The number of nitrogens with zero attached hydrogens (tertiary/aromatic N) is 4. The van der Waals surface area contributed by atoms with Gasteiger partial charge >= 0.3 is 5.97 Å². The summed E-state index contributed by atoms with van der Waals surface area (Å²) in [4.78, 5) is 54.4. The standard InChI is InChI=1S/C23H20N4O6/c28-21(25-9-1-3-14-11-16(27(31)32)6-8-19(14)25)13-33-23(30)15-5-7-17-18(12-15)24-20-4-2-10-26(20)22(17)29/h5-8,11-12H,1-4,9-10,13H2. The Hall–Kier alpha value is -4.08. The number of amides is 1. The molecule has 2 aromatic carbocycles. The number of non-ortho nitro benzene ring substituents is 1. The first-order chi connectivity index (χ1) is 15.9. The molecule has 0 fully saturated rings. The van der Waals surface area contributed by atoms with Gasteiger partial charge < -0.3 is 9.64 Å². The number of fused-ring (bicyclic) bond motifs is 3. The zero-order valence-corrected chi connectivity index (χ0v) is 17.7. The van der Waals surface area contributed by atoms with Crippen LogP contribution in [0.25, 0.3) is 10.9 Å². The lowest BCUT2D eigenvalue weighted by molar-refractivity contribution is -0.384. The van der Waals surface area contributed by atoms with Gasteiger partial charge in [0.05, 0.1) is 21.4 Å². The summed E-state index contributed by atoms with van der Waals surface area (Å²) >= 11 is 0. The molecule has 0 radical (unpaired) electrons. The maximum Gasteiger partial charge on any atom is 0.338 e. The molecular formula is C23H20N4O6. The van der Waals surface area contributed by atoms with Gasteiger partial charge in [0.2, 0.25) is 0 Å². The Bertz CT molecular complexity index is 1380. The zero-order valence-electron chi connectivity index (χ0n) is 17.7. The van der Waals surface area contributed by atoms with Crippen LogP contribution in [0.5, 0.6) is 0 Å². The lowest BCUT2D eigenvalue weighted by Crippen LogP contribution is -2.38. The number of esters is 1. The van der Waals surface area contributed by atoms with Crippen LogP contribution in [0, 0.1) is 10.1 Å². The number of benzene rings is 2. The smallest absolute Gasteiger partial charge is 0.338 e. The van der Waals surface area contributed by atoms with Crippen molar-refractivity contribution in [1.82, 2.24) is 9.55 Å². The number of hydrogen-bond donors (Lipinski definition) is 0. The highest BCUT2D eigenvalue weighted by Gasteiger charge is 2.25. The van der Waals surface area contributed by atoms with Gasteiger partial charge in [-0.05, 0) is 49.1 Å². The number of aryl methyl sites for hydroxylation is 2. The number of nitro groups is 1. The number of hydrogen-bond acceptors (Lipinski definition) is 7. The first-order valence-electron chi connectivity index (χ1n) is 10.7. The van der Waals surface area contributed by atoms with E-state index in [1.54, 1.807) is 16.7 Å². The molecule has 1 amide bonds. The molecule has 3 heterocycles. The number of aromatic nitrogens is 2. The second kappa shape index (κ2) is 8.12. The largest absolute Gasteiger partial charge is 0.452 e. The Morgan fingerprint density at radius 1 is 1.09 bits per heavy atom. The molecule has 0 atom stereocenters. The van der Waals surface area contributed by atoms with E-state index < -0.39 is 23.4 Å². The fourth-order valence-corrected chi connectivity index (χ4v) is 4.46. The quantitative estimate of drug-likeness (QED) is 0.341. The molecule has 0 N–H and O–H groups in total. The van der Waals surface area contributed by atoms with Crippen molar-refractivity contribution >= 4 is 34.2 Å². The van der Waals surface area contributed by atoms with Gasteiger partial charge in [-0.1, -0.05) is 0 Å². The molecule has 168 valence electrons. The van der Waals surface area contributed by atoms with E-state index in [9.17, 15) is 24.5 Å². The molecule has 10 nitrogen and oxygen atoms in total. The minimum atomic E-state index is -0.686. The van der Waals surface area contributed by atoms with Crippen LogP contribution in [-0.4, -0.2) is 39.5 Å². The third kappa shape index (κ3) is 3.73. The number of carbonyl (C=O) groups is 2. The Morgan fingerprint density at radius 2 is 1.91 bits per heavy atom. The van der Waals surface area contributed by atoms with Crippen LogP contribution >= 0.6 is 0 Å². The monoisotopic (exact) mass is 448 g/mol. The molecule has 5 rings (SSSR count). The van der Waals surface area contributed by atoms with Gasteiger partial charge in [0.15, 0.2) is 6.61 Å². The van der Waals surface area contributed by atoms with Crippen molar-refractivity contribution in [1.29, 1.82) is 0 Å². The van der Waals surface area contributed by atoms with E-state index in [1.165, 1.54) is 29.2 Å². The Kier molecular flexibility index (Phi) is 5.12. The van der Waals surface area contributed by atoms with Crippen molar-refractivity contribution in [2.75, 3.05) is 18.1 Å². The molecule has 0 saturated heterocycles. The van der Waals surface area contributed by atoms with Crippen molar-refractivity contribution in [3.8, 4) is 0 Å². The molecule has 10 heteroatoms. The fourth-order valence-electron chi connectivity index (χ4n) is 4.46. The fraction of sp³-hybridized carbons (Fsp3) is 0.304. The third-order valence-electron chi connectivity index (χ3n) is 6.07. The zero-order chi connectivity index (χ0) is 23.1. The topological polar surface area (TPSA) is 125 Å². The van der Waals surface area contributed by atoms with E-state index in [2.05, 4.69) is 4.98 Å². The van der Waals surface area contributed by atoms with Crippen LogP contribution in [0.4, 0.5) is 11.4 Å². The second-order valence-electron chi connectivity index (χ2n) is 8.12. The van der Waals surface area contributed by atoms with Gasteiger partial charge in [-0.25, -0.2) is 9.78 Å². The summed E-state index contributed by atoms with van der Waals surface area (Å²) < 4.78 is 6.90. The molecule has 2 aliphatic heterocycles. The van der Waals surface area contributed by atoms with Gasteiger partial charge in [0.25, 0.3) is 17.2 Å². The van der Waals surface area contributed by atoms with Crippen molar-refractivity contribution in [2.24, 2.45) is 0 Å². The summed E-state index contributed by atoms with van der Waals surface area (Å²) in [6.07, 6.45) is 2.87. The summed E-state index contributed by atoms with van der Waals surface area (Å²) in [5.74, 6) is -0.390. The minimum absolute atomic E-state index is 0.0235. The van der Waals surface area contributed by atoms with Crippen LogP contribution in [0.1, 0.15) is 34.6 Å². The first kappa shape index (κ1) is 20.8. The van der Waals surface area contributed by atoms with Crippen molar-refractivity contribution in [3.63, 3.8) is 0 Å². The van der Waals surface area contributed by atoms with Gasteiger partial charge in [-0.15, -0.1) is 0 Å². The molecule has 1 aromatic heterocycles. The summed E-state index contributed by atoms with van der Waals surface area (Å²) in [7, 11) is 0. The average molecular weight is 448 g/mol. The molecule has 2 aliphatic rings. The van der Waals surface area contributed by atoms with E-state index in [1.807, 2.05) is 0 Å². The highest BCUT2D eigenvalue weighted by molar-refractivity contribution is 5.99. The van der Waals surface area contributed by atoms with E-state index >= 15 is 0 Å². The van der Waals surface area contributed by atoms with Gasteiger partial charge in [0.1, 0.15) is 5.82 Å². The predicted octanol–water partition coefficient (Wildman–Crippen LogP) is 2.39. The van der Waals surface area contributed by atoms with E-state index in [4.69, 9.17) is 4.74 Å². The number of nitro benzene ring substituents is 1. The lowest BCUT2D eigenvalue weighted by Gasteiger charge is -2.29. The Morgan fingerprint density at radius 3 is 2.73 bits per heavy atom. The van der Waals surface area contributed by atoms with E-state index in [0.717, 1.165) is 18.4 Å². The molecule has 0 saturated carbocycles. The van der Waals surface area contributed by atoms with Crippen LogP contribution in [0.2, 0.25) is 0 Å². The van der Waals surface area contributed by atoms with E-state index in [0.29, 0.717) is 48.3 Å². The molecule has 0 unspecified atom stereocenters. The predicted molar refractivity (Wildman–Crippen MR) is 118 cm³/mol. The Balaban J connectivity index is 1.31. The number of carbonyl (C=O) groups excluding carboxylic acids is 2. The van der Waals surface area contributed by atoms with Gasteiger partial charge in [-0.3, -0.25) is 24.3 Å². The lowest BCUT2D eigenvalue weighted by atomic mass is 10.0. The van der Waals surface area contributed by atoms with Crippen LogP contribution in [0.15, 0.2) is 41.2 Å². The summed E-state index contributed by atoms with van der Waals surface area (Å²) in [6.45, 7) is 0.625. The highest BCUT2D eigenvalue weighted by Crippen LogP contribution is 2.30. The molecular weight excluding hydrogens is 428 g/mol. The number of rotatable bonds is 4. The van der Waals surface area contributed by atoms with Crippen LogP contribution in [-0.2, 0) is 28.9 Å². The molecule has 0 bridgehead atoms. The van der Waals surface area contributed by atoms with Crippen molar-refractivity contribution in [3.05, 3.63) is 73.8 Å². The van der Waals surface area contributed by atoms with Gasteiger partial charge in [-0.2, -0.15) is 0 Å². The normalized spacial score (nSPS) is 14.6. The average Bonchev–Trinajstić information content (AvgIpc) is 3.30. The summed E-state index contributed by atoms with van der Waals surface area (Å²) in [5, 5.41) is 11.5. The first-order valence-corrected chi connectivity index (χ1v) is 10.7. The molecule has 3 aromatic rings. The summed E-state index contributed by atoms with van der Waals surface area (Å²) in [5.41, 5.74) is 1.81. The second-order valence-corrected chi connectivity index (χ2v) is 8.12. The Labute approximate surface area is 187 Å². The van der Waals surface area contributed by atoms with Gasteiger partial charge in [0, 0.05) is 37.3 Å². The number of ether oxygens (including phenoxy) is 1. The molecule has 0 spiro atoms.